The second kappa shape index (κ2) is 4.35. The third kappa shape index (κ3) is 1.93. The number of phenols is 2. The van der Waals surface area contributed by atoms with Gasteiger partial charge in [0.2, 0.25) is 0 Å². The van der Waals surface area contributed by atoms with Crippen LogP contribution in [0.2, 0.25) is 0 Å². The van der Waals surface area contributed by atoms with E-state index in [0.717, 1.165) is 28.7 Å². The first-order valence-electron chi connectivity index (χ1n) is 6.30. The van der Waals surface area contributed by atoms with Crippen LogP contribution in [0.15, 0.2) is 48.5 Å². The smallest absolute Gasteiger partial charge is 0.117 e. The standard InChI is InChI=1S/C16H15NO2/c1-2-17-15(11-3-6-13(18)7-4-11)9-12-5-8-14(19)10-16(12)17/h3-10,18-19H,2H2,1H3. The SMILES string of the molecule is CCn1c(-c2ccc(O)cc2)cc2ccc(O)cc21. The monoisotopic (exact) mass is 253 g/mol. The summed E-state index contributed by atoms with van der Waals surface area (Å²) in [7, 11) is 0. The van der Waals surface area contributed by atoms with Crippen molar-refractivity contribution >= 4 is 10.9 Å². The Morgan fingerprint density at radius 2 is 1.58 bits per heavy atom. The summed E-state index contributed by atoms with van der Waals surface area (Å²) in [5.41, 5.74) is 3.16. The van der Waals surface area contributed by atoms with Crippen molar-refractivity contribution in [3.63, 3.8) is 0 Å². The Bertz CT molecular complexity index is 726. The van der Waals surface area contributed by atoms with Crippen LogP contribution in [0.5, 0.6) is 11.5 Å². The number of phenolic OH excluding ortho intramolecular Hbond substituents is 2. The van der Waals surface area contributed by atoms with E-state index in [1.807, 2.05) is 18.2 Å². The van der Waals surface area contributed by atoms with Crippen LogP contribution in [0.25, 0.3) is 22.2 Å². The molecule has 3 nitrogen and oxygen atoms in total. The lowest BCUT2D eigenvalue weighted by Gasteiger charge is -2.08. The fourth-order valence-corrected chi connectivity index (χ4v) is 2.45. The van der Waals surface area contributed by atoms with Crippen LogP contribution in [-0.2, 0) is 6.54 Å². The third-order valence-electron chi connectivity index (χ3n) is 3.37. The predicted molar refractivity (Wildman–Crippen MR) is 76.4 cm³/mol. The molecule has 0 saturated heterocycles. The number of nitrogens with zero attached hydrogens (tertiary/aromatic N) is 1. The van der Waals surface area contributed by atoms with Crippen molar-refractivity contribution in [2.45, 2.75) is 13.5 Å². The summed E-state index contributed by atoms with van der Waals surface area (Å²) in [6.45, 7) is 2.90. The van der Waals surface area contributed by atoms with E-state index in [4.69, 9.17) is 0 Å². The van der Waals surface area contributed by atoms with Gasteiger partial charge in [-0.2, -0.15) is 0 Å². The van der Waals surface area contributed by atoms with Gasteiger partial charge in [0.15, 0.2) is 0 Å². The fourth-order valence-electron chi connectivity index (χ4n) is 2.45. The Morgan fingerprint density at radius 1 is 0.895 bits per heavy atom. The number of aryl methyl sites for hydroxylation is 1. The van der Waals surface area contributed by atoms with Gasteiger partial charge >= 0.3 is 0 Å². The highest BCUT2D eigenvalue weighted by Crippen LogP contribution is 2.31. The molecule has 0 aliphatic heterocycles. The molecule has 96 valence electrons. The van der Waals surface area contributed by atoms with Crippen molar-refractivity contribution in [1.29, 1.82) is 0 Å². The molecule has 0 atom stereocenters. The highest BCUT2D eigenvalue weighted by Gasteiger charge is 2.10. The molecular weight excluding hydrogens is 238 g/mol. The average molecular weight is 253 g/mol. The first-order chi connectivity index (χ1) is 9.19. The zero-order chi connectivity index (χ0) is 13.4. The van der Waals surface area contributed by atoms with E-state index in [1.54, 1.807) is 24.3 Å². The second-order valence-electron chi connectivity index (χ2n) is 4.56. The molecular formula is C16H15NO2. The lowest BCUT2D eigenvalue weighted by atomic mass is 10.1. The summed E-state index contributed by atoms with van der Waals surface area (Å²) in [6.07, 6.45) is 0. The molecule has 3 heteroatoms. The fraction of sp³-hybridized carbons (Fsp3) is 0.125. The van der Waals surface area contributed by atoms with E-state index in [2.05, 4.69) is 17.6 Å². The maximum absolute atomic E-state index is 9.62. The summed E-state index contributed by atoms with van der Waals surface area (Å²) >= 11 is 0. The van der Waals surface area contributed by atoms with Crippen molar-refractivity contribution in [3.8, 4) is 22.8 Å². The van der Waals surface area contributed by atoms with Gasteiger partial charge in [-0.05, 0) is 55.0 Å². The van der Waals surface area contributed by atoms with Crippen LogP contribution in [0, 0.1) is 0 Å². The molecule has 0 unspecified atom stereocenters. The number of benzene rings is 2. The second-order valence-corrected chi connectivity index (χ2v) is 4.56. The molecule has 0 spiro atoms. The van der Waals surface area contributed by atoms with E-state index < -0.39 is 0 Å². The minimum absolute atomic E-state index is 0.264. The Morgan fingerprint density at radius 3 is 2.26 bits per heavy atom. The normalized spacial score (nSPS) is 11.0. The summed E-state index contributed by atoms with van der Waals surface area (Å²) in [4.78, 5) is 0. The van der Waals surface area contributed by atoms with Crippen LogP contribution < -0.4 is 0 Å². The number of hydrogen-bond acceptors (Lipinski definition) is 2. The molecule has 0 radical (unpaired) electrons. The molecule has 19 heavy (non-hydrogen) atoms. The quantitative estimate of drug-likeness (QED) is 0.730. The van der Waals surface area contributed by atoms with E-state index in [0.29, 0.717) is 0 Å². The van der Waals surface area contributed by atoms with Crippen LogP contribution in [0.3, 0.4) is 0 Å². The Labute approximate surface area is 111 Å². The summed E-state index contributed by atoms with van der Waals surface area (Å²) < 4.78 is 2.15. The molecule has 0 fully saturated rings. The van der Waals surface area contributed by atoms with Crippen LogP contribution in [0.1, 0.15) is 6.92 Å². The highest BCUT2D eigenvalue weighted by molar-refractivity contribution is 5.88. The average Bonchev–Trinajstić information content (AvgIpc) is 2.77. The molecule has 2 N–H and O–H groups in total. The van der Waals surface area contributed by atoms with Crippen LogP contribution >= 0.6 is 0 Å². The molecule has 0 bridgehead atoms. The van der Waals surface area contributed by atoms with Gasteiger partial charge in [0, 0.05) is 23.7 Å². The molecule has 1 aromatic heterocycles. The number of aromatic nitrogens is 1. The number of hydrogen-bond donors (Lipinski definition) is 2. The zero-order valence-electron chi connectivity index (χ0n) is 10.7. The summed E-state index contributed by atoms with van der Waals surface area (Å²) in [6, 6.07) is 14.7. The molecule has 3 aromatic rings. The molecule has 0 saturated carbocycles. The van der Waals surface area contributed by atoms with E-state index >= 15 is 0 Å². The first-order valence-corrected chi connectivity index (χ1v) is 6.30. The van der Waals surface area contributed by atoms with Crippen LogP contribution in [-0.4, -0.2) is 14.8 Å². The zero-order valence-corrected chi connectivity index (χ0v) is 10.7. The van der Waals surface area contributed by atoms with E-state index in [9.17, 15) is 10.2 Å². The molecule has 2 aromatic carbocycles. The Balaban J connectivity index is 2.25. The van der Waals surface area contributed by atoms with Crippen molar-refractivity contribution in [3.05, 3.63) is 48.5 Å². The van der Waals surface area contributed by atoms with E-state index in [-0.39, 0.29) is 11.5 Å². The molecule has 0 aliphatic carbocycles. The first kappa shape index (κ1) is 11.7. The number of fused-ring (bicyclic) bond motifs is 1. The summed E-state index contributed by atoms with van der Waals surface area (Å²) in [5.74, 6) is 0.540. The van der Waals surface area contributed by atoms with Gasteiger partial charge in [-0.25, -0.2) is 0 Å². The van der Waals surface area contributed by atoms with Gasteiger partial charge in [-0.3, -0.25) is 0 Å². The van der Waals surface area contributed by atoms with Gasteiger partial charge in [-0.1, -0.05) is 0 Å². The van der Waals surface area contributed by atoms with Gasteiger partial charge in [0.05, 0.1) is 5.52 Å². The maximum atomic E-state index is 9.62. The molecule has 0 amide bonds. The minimum atomic E-state index is 0.264. The Hall–Kier alpha value is -2.42. The predicted octanol–water partition coefficient (Wildman–Crippen LogP) is 3.74. The molecule has 3 rings (SSSR count). The highest BCUT2D eigenvalue weighted by atomic mass is 16.3. The van der Waals surface area contributed by atoms with Gasteiger partial charge in [0.1, 0.15) is 11.5 Å². The third-order valence-corrected chi connectivity index (χ3v) is 3.37. The lowest BCUT2D eigenvalue weighted by molar-refractivity contribution is 0.475. The van der Waals surface area contributed by atoms with Crippen molar-refractivity contribution < 1.29 is 10.2 Å². The lowest BCUT2D eigenvalue weighted by Crippen LogP contribution is -1.96. The van der Waals surface area contributed by atoms with Crippen molar-refractivity contribution in [1.82, 2.24) is 4.57 Å². The molecule has 1 heterocycles. The van der Waals surface area contributed by atoms with Crippen LogP contribution in [0.4, 0.5) is 0 Å². The number of rotatable bonds is 2. The largest absolute Gasteiger partial charge is 0.508 e. The molecule has 0 aliphatic rings. The van der Waals surface area contributed by atoms with Gasteiger partial charge in [0.25, 0.3) is 0 Å². The topological polar surface area (TPSA) is 45.4 Å². The minimum Gasteiger partial charge on any atom is -0.508 e. The summed E-state index contributed by atoms with van der Waals surface area (Å²) in [5, 5.41) is 20.1. The van der Waals surface area contributed by atoms with Gasteiger partial charge in [-0.15, -0.1) is 0 Å². The maximum Gasteiger partial charge on any atom is 0.117 e. The number of aromatic hydroxyl groups is 2. The van der Waals surface area contributed by atoms with Crippen molar-refractivity contribution in [2.24, 2.45) is 0 Å². The van der Waals surface area contributed by atoms with Crippen molar-refractivity contribution in [2.75, 3.05) is 0 Å². The van der Waals surface area contributed by atoms with Gasteiger partial charge < -0.3 is 14.8 Å². The Kier molecular flexibility index (Phi) is 2.67. The van der Waals surface area contributed by atoms with E-state index in [1.165, 1.54) is 0 Å².